The smallest absolute Gasteiger partial charge is 0.137 e. The topological polar surface area (TPSA) is 17.1 Å². The van der Waals surface area contributed by atoms with Gasteiger partial charge in [0.25, 0.3) is 0 Å². The van der Waals surface area contributed by atoms with Crippen molar-refractivity contribution in [1.29, 1.82) is 0 Å². The van der Waals surface area contributed by atoms with Crippen molar-refractivity contribution in [3.8, 4) is 0 Å². The molecule has 0 N–H and O–H groups in total. The molecule has 0 saturated carbocycles. The number of rotatable bonds is 4. The molecule has 0 bridgehead atoms. The molecule has 1 atom stereocenters. The molecule has 0 fully saturated rings. The summed E-state index contributed by atoms with van der Waals surface area (Å²) < 4.78 is 13.8. The predicted molar refractivity (Wildman–Crippen MR) is 66.8 cm³/mol. The van der Waals surface area contributed by atoms with Crippen LogP contribution in [-0.2, 0) is 11.2 Å². The molecule has 1 aromatic rings. The number of carbonyl (C=O) groups excluding carboxylic acids is 1. The molecule has 1 aromatic carbocycles. The minimum Gasteiger partial charge on any atom is -0.300 e. The highest BCUT2D eigenvalue weighted by atomic mass is 79.9. The Morgan fingerprint density at radius 3 is 2.56 bits per heavy atom. The summed E-state index contributed by atoms with van der Waals surface area (Å²) in [5.74, 6) is 0.112. The molecule has 0 aliphatic heterocycles. The number of halogens is 2. The van der Waals surface area contributed by atoms with Crippen LogP contribution in [0.15, 0.2) is 22.7 Å². The fourth-order valence-electron chi connectivity index (χ4n) is 1.79. The molecule has 0 amide bonds. The largest absolute Gasteiger partial charge is 0.300 e. The SMILES string of the molecule is CC(=O)C(Cc1cccc(F)c1Br)C(C)C. The van der Waals surface area contributed by atoms with Crippen molar-refractivity contribution in [3.05, 3.63) is 34.1 Å². The van der Waals surface area contributed by atoms with Gasteiger partial charge in [0.1, 0.15) is 11.6 Å². The molecular weight excluding hydrogens is 271 g/mol. The van der Waals surface area contributed by atoms with Crippen LogP contribution in [0.3, 0.4) is 0 Å². The van der Waals surface area contributed by atoms with E-state index in [1.54, 1.807) is 13.0 Å². The molecule has 3 heteroatoms. The Bertz CT molecular complexity index is 388. The van der Waals surface area contributed by atoms with Gasteiger partial charge in [-0.2, -0.15) is 0 Å². The molecule has 0 radical (unpaired) electrons. The number of ketones is 1. The van der Waals surface area contributed by atoms with Crippen molar-refractivity contribution in [1.82, 2.24) is 0 Å². The maximum absolute atomic E-state index is 13.3. The Morgan fingerprint density at radius 1 is 1.44 bits per heavy atom. The Labute approximate surface area is 104 Å². The van der Waals surface area contributed by atoms with E-state index < -0.39 is 0 Å². The zero-order valence-corrected chi connectivity index (χ0v) is 11.3. The molecule has 1 unspecified atom stereocenters. The van der Waals surface area contributed by atoms with Gasteiger partial charge >= 0.3 is 0 Å². The van der Waals surface area contributed by atoms with Gasteiger partial charge in [-0.15, -0.1) is 0 Å². The molecule has 1 rings (SSSR count). The summed E-state index contributed by atoms with van der Waals surface area (Å²) in [5.41, 5.74) is 0.855. The Kier molecular flexibility index (Phi) is 4.66. The van der Waals surface area contributed by atoms with Crippen LogP contribution in [0, 0.1) is 17.7 Å². The van der Waals surface area contributed by atoms with Crippen LogP contribution in [-0.4, -0.2) is 5.78 Å². The lowest BCUT2D eigenvalue weighted by Gasteiger charge is -2.18. The quantitative estimate of drug-likeness (QED) is 0.818. The molecule has 1 nitrogen and oxygen atoms in total. The van der Waals surface area contributed by atoms with E-state index in [0.717, 1.165) is 5.56 Å². The van der Waals surface area contributed by atoms with E-state index in [9.17, 15) is 9.18 Å². The van der Waals surface area contributed by atoms with Gasteiger partial charge in [0.05, 0.1) is 4.47 Å². The van der Waals surface area contributed by atoms with Crippen LogP contribution in [0.1, 0.15) is 26.3 Å². The van der Waals surface area contributed by atoms with E-state index in [1.807, 2.05) is 19.9 Å². The van der Waals surface area contributed by atoms with Crippen molar-refractivity contribution in [3.63, 3.8) is 0 Å². The minimum atomic E-state index is -0.274. The fraction of sp³-hybridized carbons (Fsp3) is 0.462. The van der Waals surface area contributed by atoms with Crippen LogP contribution in [0.4, 0.5) is 4.39 Å². The minimum absolute atomic E-state index is 0.0434. The van der Waals surface area contributed by atoms with Gasteiger partial charge in [-0.25, -0.2) is 4.39 Å². The second-order valence-corrected chi connectivity index (χ2v) is 5.17. The van der Waals surface area contributed by atoms with Crippen molar-refractivity contribution in [2.75, 3.05) is 0 Å². The number of benzene rings is 1. The van der Waals surface area contributed by atoms with Crippen molar-refractivity contribution < 1.29 is 9.18 Å². The molecule has 88 valence electrons. The Hall–Kier alpha value is -0.700. The summed E-state index contributed by atoms with van der Waals surface area (Å²) in [6.07, 6.45) is 0.589. The summed E-state index contributed by atoms with van der Waals surface area (Å²) in [5, 5.41) is 0. The molecular formula is C13H16BrFO. The number of Topliss-reactive ketones (excluding diaryl/α,β-unsaturated/α-hetero) is 1. The van der Waals surface area contributed by atoms with Gasteiger partial charge in [0.2, 0.25) is 0 Å². The Morgan fingerprint density at radius 2 is 2.06 bits per heavy atom. The monoisotopic (exact) mass is 286 g/mol. The van der Waals surface area contributed by atoms with Gasteiger partial charge in [0, 0.05) is 5.92 Å². The van der Waals surface area contributed by atoms with E-state index in [-0.39, 0.29) is 23.4 Å². The van der Waals surface area contributed by atoms with E-state index in [2.05, 4.69) is 15.9 Å². The van der Waals surface area contributed by atoms with Crippen LogP contribution >= 0.6 is 15.9 Å². The normalized spacial score (nSPS) is 12.9. The predicted octanol–water partition coefficient (Wildman–Crippen LogP) is 3.99. The molecule has 16 heavy (non-hydrogen) atoms. The van der Waals surface area contributed by atoms with Crippen molar-refractivity contribution >= 4 is 21.7 Å². The third-order valence-corrected chi connectivity index (χ3v) is 3.69. The molecule has 0 aliphatic rings. The summed E-state index contributed by atoms with van der Waals surface area (Å²) in [7, 11) is 0. The Balaban J connectivity index is 2.94. The average molecular weight is 287 g/mol. The fourth-order valence-corrected chi connectivity index (χ4v) is 2.22. The summed E-state index contributed by atoms with van der Waals surface area (Å²) in [4.78, 5) is 11.5. The first kappa shape index (κ1) is 13.4. The standard InChI is InChI=1S/C13H16BrFO/c1-8(2)11(9(3)16)7-10-5-4-6-12(15)13(10)14/h4-6,8,11H,7H2,1-3H3. The lowest BCUT2D eigenvalue weighted by Crippen LogP contribution is -2.20. The first-order valence-corrected chi connectivity index (χ1v) is 6.16. The number of carbonyl (C=O) groups is 1. The van der Waals surface area contributed by atoms with E-state index in [0.29, 0.717) is 10.9 Å². The van der Waals surface area contributed by atoms with E-state index in [1.165, 1.54) is 6.07 Å². The first-order valence-electron chi connectivity index (χ1n) is 5.36. The number of hydrogen-bond acceptors (Lipinski definition) is 1. The lowest BCUT2D eigenvalue weighted by atomic mass is 9.86. The first-order chi connectivity index (χ1) is 7.43. The van der Waals surface area contributed by atoms with E-state index in [4.69, 9.17) is 0 Å². The lowest BCUT2D eigenvalue weighted by molar-refractivity contribution is -0.121. The van der Waals surface area contributed by atoms with Gasteiger partial charge < -0.3 is 0 Å². The van der Waals surface area contributed by atoms with Crippen molar-refractivity contribution in [2.24, 2.45) is 11.8 Å². The van der Waals surface area contributed by atoms with Crippen LogP contribution in [0.5, 0.6) is 0 Å². The highest BCUT2D eigenvalue weighted by Gasteiger charge is 2.20. The zero-order valence-electron chi connectivity index (χ0n) is 9.76. The van der Waals surface area contributed by atoms with Gasteiger partial charge in [-0.1, -0.05) is 26.0 Å². The maximum atomic E-state index is 13.3. The summed E-state index contributed by atoms with van der Waals surface area (Å²) >= 11 is 3.22. The van der Waals surface area contributed by atoms with Crippen LogP contribution < -0.4 is 0 Å². The summed E-state index contributed by atoms with van der Waals surface area (Å²) in [6.45, 7) is 5.62. The summed E-state index contributed by atoms with van der Waals surface area (Å²) in [6, 6.07) is 4.93. The second-order valence-electron chi connectivity index (χ2n) is 4.38. The van der Waals surface area contributed by atoms with Gasteiger partial charge in [-0.05, 0) is 46.8 Å². The number of hydrogen-bond donors (Lipinski definition) is 0. The molecule has 0 spiro atoms. The van der Waals surface area contributed by atoms with Gasteiger partial charge in [0.15, 0.2) is 0 Å². The maximum Gasteiger partial charge on any atom is 0.137 e. The highest BCUT2D eigenvalue weighted by molar-refractivity contribution is 9.10. The van der Waals surface area contributed by atoms with Crippen molar-refractivity contribution in [2.45, 2.75) is 27.2 Å². The van der Waals surface area contributed by atoms with E-state index >= 15 is 0 Å². The molecule has 0 saturated heterocycles. The third-order valence-electron chi connectivity index (χ3n) is 2.80. The van der Waals surface area contributed by atoms with Crippen LogP contribution in [0.25, 0.3) is 0 Å². The molecule has 0 aromatic heterocycles. The molecule has 0 aliphatic carbocycles. The second kappa shape index (κ2) is 5.58. The average Bonchev–Trinajstić information content (AvgIpc) is 2.19. The third kappa shape index (κ3) is 3.14. The zero-order chi connectivity index (χ0) is 12.3. The molecule has 0 heterocycles. The van der Waals surface area contributed by atoms with Gasteiger partial charge in [-0.3, -0.25) is 4.79 Å². The highest BCUT2D eigenvalue weighted by Crippen LogP contribution is 2.26. The van der Waals surface area contributed by atoms with Crippen LogP contribution in [0.2, 0.25) is 0 Å².